The number of allylic oxidation sites excluding steroid dienone is 1. The second-order valence-corrected chi connectivity index (χ2v) is 3.84. The highest BCUT2D eigenvalue weighted by atomic mass is 16.3. The Bertz CT molecular complexity index is 576. The number of imide groups is 1. The van der Waals surface area contributed by atoms with Crippen molar-refractivity contribution in [2.75, 3.05) is 6.54 Å². The number of aliphatic hydroxyl groups excluding tert-OH is 1. The number of aromatic nitrogens is 2. The van der Waals surface area contributed by atoms with Gasteiger partial charge in [-0.25, -0.2) is 15.0 Å². The van der Waals surface area contributed by atoms with Gasteiger partial charge in [0.2, 0.25) is 11.9 Å². The molecule has 1 aromatic rings. The summed E-state index contributed by atoms with van der Waals surface area (Å²) in [6, 6.07) is 1.69. The first-order valence-electron chi connectivity index (χ1n) is 5.72. The van der Waals surface area contributed by atoms with Crippen molar-refractivity contribution < 1.29 is 14.7 Å². The van der Waals surface area contributed by atoms with Crippen LogP contribution in [-0.2, 0) is 9.59 Å². The summed E-state index contributed by atoms with van der Waals surface area (Å²) in [7, 11) is 0. The molecule has 4 N–H and O–H groups in total. The van der Waals surface area contributed by atoms with Crippen LogP contribution in [-0.4, -0.2) is 39.6 Å². The highest BCUT2D eigenvalue weighted by Crippen LogP contribution is 2.05. The molecule has 0 fully saturated rings. The smallest absolute Gasteiger partial charge is 0.262 e. The standard InChI is InChI=1S/C12H15N5O3/c1-7-3-4-14-12(16-7)15-6-9(8(2)18)11(20)17-10(19)5-13/h3-4,6,18H,5,13H2,1-2H3,(H,17,19,20)/b9-8-,15-6+. The van der Waals surface area contributed by atoms with Gasteiger partial charge in [0, 0.05) is 18.1 Å². The number of rotatable bonds is 4. The first-order valence-corrected chi connectivity index (χ1v) is 5.72. The number of aryl methyl sites for hydroxylation is 1. The number of hydrogen-bond acceptors (Lipinski definition) is 7. The Labute approximate surface area is 115 Å². The van der Waals surface area contributed by atoms with Crippen molar-refractivity contribution >= 4 is 24.0 Å². The SMILES string of the molecule is C/C(O)=C(\C=N\c1nccc(C)n1)C(=O)NC(=O)CN. The number of carbonyl (C=O) groups excluding carboxylic acids is 2. The van der Waals surface area contributed by atoms with E-state index < -0.39 is 11.8 Å². The molecule has 0 aliphatic rings. The Hall–Kier alpha value is -2.61. The van der Waals surface area contributed by atoms with Gasteiger partial charge in [-0.2, -0.15) is 0 Å². The third-order valence-corrected chi connectivity index (χ3v) is 2.16. The van der Waals surface area contributed by atoms with E-state index in [0.717, 1.165) is 6.21 Å². The highest BCUT2D eigenvalue weighted by molar-refractivity contribution is 6.17. The van der Waals surface area contributed by atoms with Crippen molar-refractivity contribution in [3.8, 4) is 0 Å². The average Bonchev–Trinajstić information content (AvgIpc) is 2.38. The predicted molar refractivity (Wildman–Crippen MR) is 72.5 cm³/mol. The molecule has 106 valence electrons. The topological polar surface area (TPSA) is 131 Å². The fraction of sp³-hybridized carbons (Fsp3) is 0.250. The van der Waals surface area contributed by atoms with Crippen LogP contribution >= 0.6 is 0 Å². The molecule has 8 nitrogen and oxygen atoms in total. The maximum atomic E-state index is 11.7. The van der Waals surface area contributed by atoms with Gasteiger partial charge < -0.3 is 10.8 Å². The van der Waals surface area contributed by atoms with Crippen LogP contribution in [0.5, 0.6) is 0 Å². The van der Waals surface area contributed by atoms with Crippen LogP contribution in [0, 0.1) is 6.92 Å². The van der Waals surface area contributed by atoms with E-state index >= 15 is 0 Å². The van der Waals surface area contributed by atoms with Crippen molar-refractivity contribution in [3.63, 3.8) is 0 Å². The molecular formula is C12H15N5O3. The Morgan fingerprint density at radius 1 is 1.55 bits per heavy atom. The monoisotopic (exact) mass is 277 g/mol. The third-order valence-electron chi connectivity index (χ3n) is 2.16. The lowest BCUT2D eigenvalue weighted by Gasteiger charge is -2.03. The fourth-order valence-corrected chi connectivity index (χ4v) is 1.18. The molecule has 0 aromatic carbocycles. The fourth-order valence-electron chi connectivity index (χ4n) is 1.18. The molecule has 0 spiro atoms. The Kier molecular flexibility index (Phi) is 5.48. The molecule has 8 heteroatoms. The Balaban J connectivity index is 2.92. The van der Waals surface area contributed by atoms with E-state index in [9.17, 15) is 14.7 Å². The number of aliphatic hydroxyl groups is 1. The van der Waals surface area contributed by atoms with Crippen LogP contribution in [0.2, 0.25) is 0 Å². The molecule has 0 radical (unpaired) electrons. The van der Waals surface area contributed by atoms with Crippen molar-refractivity contribution in [2.24, 2.45) is 10.7 Å². The Morgan fingerprint density at radius 2 is 2.25 bits per heavy atom. The zero-order chi connectivity index (χ0) is 15.1. The number of nitrogens with one attached hydrogen (secondary N) is 1. The maximum Gasteiger partial charge on any atom is 0.262 e. The van der Waals surface area contributed by atoms with Gasteiger partial charge in [-0.3, -0.25) is 14.9 Å². The van der Waals surface area contributed by atoms with Crippen molar-refractivity contribution in [1.82, 2.24) is 15.3 Å². The van der Waals surface area contributed by atoms with Gasteiger partial charge in [-0.15, -0.1) is 0 Å². The number of carbonyl (C=O) groups is 2. The van der Waals surface area contributed by atoms with E-state index in [1.165, 1.54) is 13.1 Å². The molecule has 1 rings (SSSR count). The summed E-state index contributed by atoms with van der Waals surface area (Å²) in [5.41, 5.74) is 5.62. The number of amides is 2. The van der Waals surface area contributed by atoms with Crippen molar-refractivity contribution in [2.45, 2.75) is 13.8 Å². The minimum absolute atomic E-state index is 0.140. The number of nitrogens with two attached hydrogens (primary N) is 1. The predicted octanol–water partition coefficient (Wildman–Crippen LogP) is -0.0792. The lowest BCUT2D eigenvalue weighted by atomic mass is 10.2. The molecule has 0 aliphatic heterocycles. The van der Waals surface area contributed by atoms with Gasteiger partial charge in [-0.05, 0) is 19.9 Å². The van der Waals surface area contributed by atoms with E-state index in [2.05, 4.69) is 15.0 Å². The lowest BCUT2D eigenvalue weighted by Crippen LogP contribution is -2.36. The molecule has 0 bridgehead atoms. The van der Waals surface area contributed by atoms with Crippen molar-refractivity contribution in [3.05, 3.63) is 29.3 Å². The van der Waals surface area contributed by atoms with Crippen LogP contribution in [0.25, 0.3) is 0 Å². The second-order valence-electron chi connectivity index (χ2n) is 3.84. The summed E-state index contributed by atoms with van der Waals surface area (Å²) in [6.45, 7) is 2.73. The second kappa shape index (κ2) is 7.10. The molecule has 0 aliphatic carbocycles. The van der Waals surface area contributed by atoms with Gasteiger partial charge in [0.05, 0.1) is 12.1 Å². The normalized spacial score (nSPS) is 12.2. The molecular weight excluding hydrogens is 262 g/mol. The van der Waals surface area contributed by atoms with Crippen LogP contribution in [0.1, 0.15) is 12.6 Å². The molecule has 20 heavy (non-hydrogen) atoms. The molecule has 1 aromatic heterocycles. The van der Waals surface area contributed by atoms with Gasteiger partial charge in [0.15, 0.2) is 0 Å². The zero-order valence-electron chi connectivity index (χ0n) is 11.1. The molecule has 0 saturated heterocycles. The first-order chi connectivity index (χ1) is 9.43. The van der Waals surface area contributed by atoms with Crippen molar-refractivity contribution in [1.29, 1.82) is 0 Å². The number of nitrogens with zero attached hydrogens (tertiary/aromatic N) is 3. The lowest BCUT2D eigenvalue weighted by molar-refractivity contribution is -0.127. The third kappa shape index (κ3) is 4.58. The van der Waals surface area contributed by atoms with Crippen LogP contribution in [0.4, 0.5) is 5.95 Å². The maximum absolute atomic E-state index is 11.7. The summed E-state index contributed by atoms with van der Waals surface area (Å²) in [6.07, 6.45) is 2.60. The summed E-state index contributed by atoms with van der Waals surface area (Å²) >= 11 is 0. The number of aliphatic imine (C=N–C) groups is 1. The number of hydrogen-bond donors (Lipinski definition) is 3. The molecule has 0 atom stereocenters. The largest absolute Gasteiger partial charge is 0.512 e. The van der Waals surface area contributed by atoms with E-state index in [-0.39, 0.29) is 23.8 Å². The summed E-state index contributed by atoms with van der Waals surface area (Å²) in [5, 5.41) is 11.5. The minimum Gasteiger partial charge on any atom is -0.512 e. The van der Waals surface area contributed by atoms with Crippen LogP contribution in [0.15, 0.2) is 28.6 Å². The summed E-state index contributed by atoms with van der Waals surface area (Å²) in [5.74, 6) is -1.60. The summed E-state index contributed by atoms with van der Waals surface area (Å²) < 4.78 is 0. The first kappa shape index (κ1) is 15.4. The van der Waals surface area contributed by atoms with Gasteiger partial charge in [0.25, 0.3) is 5.91 Å². The van der Waals surface area contributed by atoms with Gasteiger partial charge in [-0.1, -0.05) is 0 Å². The zero-order valence-corrected chi connectivity index (χ0v) is 11.1. The average molecular weight is 277 g/mol. The Morgan fingerprint density at radius 3 is 2.80 bits per heavy atom. The minimum atomic E-state index is -0.795. The van der Waals surface area contributed by atoms with E-state index in [1.54, 1.807) is 13.0 Å². The summed E-state index contributed by atoms with van der Waals surface area (Å²) in [4.78, 5) is 34.5. The van der Waals surface area contributed by atoms with E-state index in [1.807, 2.05) is 5.32 Å². The molecule has 0 unspecified atom stereocenters. The quantitative estimate of drug-likeness (QED) is 0.401. The van der Waals surface area contributed by atoms with Crippen LogP contribution in [0.3, 0.4) is 0 Å². The molecule has 1 heterocycles. The molecule has 2 amide bonds. The molecule has 0 saturated carbocycles. The van der Waals surface area contributed by atoms with Gasteiger partial charge >= 0.3 is 0 Å². The van der Waals surface area contributed by atoms with E-state index in [0.29, 0.717) is 5.69 Å². The van der Waals surface area contributed by atoms with Gasteiger partial charge in [0.1, 0.15) is 5.76 Å². The van der Waals surface area contributed by atoms with Crippen LogP contribution < -0.4 is 11.1 Å². The van der Waals surface area contributed by atoms with E-state index in [4.69, 9.17) is 5.73 Å². The highest BCUT2D eigenvalue weighted by Gasteiger charge is 2.13.